The summed E-state index contributed by atoms with van der Waals surface area (Å²) in [6, 6.07) is 12.4. The summed E-state index contributed by atoms with van der Waals surface area (Å²) in [6.45, 7) is 8.23. The van der Waals surface area contributed by atoms with E-state index in [9.17, 15) is 19.2 Å². The molecule has 1 atom stereocenters. The van der Waals surface area contributed by atoms with Gasteiger partial charge in [0.1, 0.15) is 0 Å². The van der Waals surface area contributed by atoms with Crippen LogP contribution in [0.5, 0.6) is 0 Å². The lowest BCUT2D eigenvalue weighted by Gasteiger charge is -2.19. The Labute approximate surface area is 257 Å². The molecule has 2 aliphatic rings. The van der Waals surface area contributed by atoms with E-state index in [1.807, 2.05) is 13.0 Å². The number of imide groups is 2. The number of rotatable bonds is 15. The lowest BCUT2D eigenvalue weighted by atomic mass is 10.1. The first-order chi connectivity index (χ1) is 18.4. The lowest BCUT2D eigenvalue weighted by molar-refractivity contribution is 0.0624. The molecule has 0 saturated carbocycles. The zero-order valence-corrected chi connectivity index (χ0v) is 26.7. The van der Waals surface area contributed by atoms with Crippen LogP contribution in [0.15, 0.2) is 42.5 Å². The maximum Gasteiger partial charge on any atom is 0.261 e. The molecule has 2 aromatic carbocycles. The van der Waals surface area contributed by atoms with Crippen LogP contribution in [0, 0.1) is 12.8 Å². The van der Waals surface area contributed by atoms with Crippen molar-refractivity contribution in [2.45, 2.75) is 46.0 Å². The predicted molar refractivity (Wildman–Crippen MR) is 167 cm³/mol. The molecule has 0 aliphatic carbocycles. The number of hydrogen-bond donors (Lipinski definition) is 2. The molecule has 2 heterocycles. The first-order valence-electron chi connectivity index (χ1n) is 13.7. The molecule has 40 heavy (non-hydrogen) atoms. The molecule has 2 aromatic rings. The molecule has 10 heteroatoms. The quantitative estimate of drug-likeness (QED) is 0.207. The van der Waals surface area contributed by atoms with E-state index in [-0.39, 0.29) is 63.5 Å². The summed E-state index contributed by atoms with van der Waals surface area (Å²) in [6.07, 6.45) is 5.18. The van der Waals surface area contributed by atoms with E-state index < -0.39 is 0 Å². The van der Waals surface area contributed by atoms with Crippen LogP contribution >= 0.6 is 34.0 Å². The monoisotopic (exact) mass is 678 g/mol. The summed E-state index contributed by atoms with van der Waals surface area (Å²) in [5, 5.41) is 6.86. The predicted octanol–water partition coefficient (Wildman–Crippen LogP) is 4.81. The fourth-order valence-corrected chi connectivity index (χ4v) is 5.08. The number of aryl methyl sites for hydroxylation is 1. The van der Waals surface area contributed by atoms with Gasteiger partial charge in [-0.1, -0.05) is 43.5 Å². The highest BCUT2D eigenvalue weighted by Gasteiger charge is 2.36. The van der Waals surface area contributed by atoms with Gasteiger partial charge in [0.2, 0.25) is 0 Å². The third-order valence-electron chi connectivity index (χ3n) is 7.18. The van der Waals surface area contributed by atoms with Crippen molar-refractivity contribution < 1.29 is 19.2 Å². The summed E-state index contributed by atoms with van der Waals surface area (Å²) >= 11 is 0. The van der Waals surface area contributed by atoms with Gasteiger partial charge in [0.05, 0.1) is 22.3 Å². The average Bonchev–Trinajstić information content (AvgIpc) is 3.29. The van der Waals surface area contributed by atoms with Crippen molar-refractivity contribution in [1.82, 2.24) is 20.4 Å². The molecule has 0 saturated heterocycles. The highest BCUT2D eigenvalue weighted by molar-refractivity contribution is 8.93. The smallest absolute Gasteiger partial charge is 0.261 e. The Morgan fingerprint density at radius 1 is 0.650 bits per heavy atom. The minimum atomic E-state index is -0.188. The van der Waals surface area contributed by atoms with Gasteiger partial charge in [-0.3, -0.25) is 29.0 Å². The molecule has 0 aromatic heterocycles. The van der Waals surface area contributed by atoms with Crippen LogP contribution in [0.1, 0.15) is 86.0 Å². The number of fused-ring (bicyclic) bond motifs is 2. The molecule has 0 spiro atoms. The Kier molecular flexibility index (Phi) is 13.6. The zero-order valence-electron chi connectivity index (χ0n) is 23.2. The van der Waals surface area contributed by atoms with E-state index in [2.05, 4.69) is 17.6 Å². The number of halogens is 2. The second-order valence-corrected chi connectivity index (χ2v) is 10.4. The Morgan fingerprint density at radius 3 is 1.82 bits per heavy atom. The van der Waals surface area contributed by atoms with Gasteiger partial charge in [-0.25, -0.2) is 0 Å². The van der Waals surface area contributed by atoms with Crippen LogP contribution in [0.4, 0.5) is 0 Å². The van der Waals surface area contributed by atoms with E-state index in [1.165, 1.54) is 9.80 Å². The van der Waals surface area contributed by atoms with Gasteiger partial charge in [0.25, 0.3) is 23.6 Å². The van der Waals surface area contributed by atoms with Crippen molar-refractivity contribution in [3.63, 3.8) is 0 Å². The van der Waals surface area contributed by atoms with Crippen molar-refractivity contribution in [2.75, 3.05) is 39.3 Å². The van der Waals surface area contributed by atoms with Crippen LogP contribution in [0.3, 0.4) is 0 Å². The second-order valence-electron chi connectivity index (χ2n) is 10.4. The second kappa shape index (κ2) is 16.1. The zero-order chi connectivity index (χ0) is 27.1. The summed E-state index contributed by atoms with van der Waals surface area (Å²) in [4.78, 5) is 52.7. The number of amides is 4. The molecule has 218 valence electrons. The Hall–Kier alpha value is -2.40. The molecule has 2 aliphatic heterocycles. The summed E-state index contributed by atoms with van der Waals surface area (Å²) in [5.41, 5.74) is 3.03. The normalized spacial score (nSPS) is 14.7. The molecule has 0 radical (unpaired) electrons. The Balaban J connectivity index is 0.00000280. The number of carbonyl (C=O) groups excluding carboxylic acids is 4. The topological polar surface area (TPSA) is 98.8 Å². The fraction of sp³-hybridized carbons (Fsp3) is 0.467. The van der Waals surface area contributed by atoms with Gasteiger partial charge in [-0.15, -0.1) is 34.0 Å². The largest absolute Gasteiger partial charge is 0.317 e. The number of carbonyl (C=O) groups is 4. The van der Waals surface area contributed by atoms with Crippen LogP contribution in [-0.4, -0.2) is 72.7 Å². The highest BCUT2D eigenvalue weighted by atomic mass is 79.9. The van der Waals surface area contributed by atoms with E-state index in [0.717, 1.165) is 63.8 Å². The van der Waals surface area contributed by atoms with Crippen LogP contribution in [0.2, 0.25) is 0 Å². The van der Waals surface area contributed by atoms with Gasteiger partial charge in [0, 0.05) is 13.1 Å². The molecular weight excluding hydrogens is 640 g/mol. The Bertz CT molecular complexity index is 1170. The summed E-state index contributed by atoms with van der Waals surface area (Å²) in [5.74, 6) is -0.561. The average molecular weight is 680 g/mol. The molecule has 0 fully saturated rings. The SMILES string of the molecule is Br.Br.Cc1ccc2c(c1)C(=O)N(CC(C)CNCCCCCCNCCCN1C(=O)c3ccccc3C1=O)C2=O. The number of nitrogens with one attached hydrogen (secondary N) is 2. The maximum absolute atomic E-state index is 12.6. The number of unbranched alkanes of at least 4 members (excludes halogenated alkanes) is 3. The van der Waals surface area contributed by atoms with E-state index >= 15 is 0 Å². The minimum absolute atomic E-state index is 0. The third kappa shape index (κ3) is 8.09. The summed E-state index contributed by atoms with van der Waals surface area (Å²) in [7, 11) is 0. The molecule has 1 unspecified atom stereocenters. The van der Waals surface area contributed by atoms with Gasteiger partial charge >= 0.3 is 0 Å². The fourth-order valence-electron chi connectivity index (χ4n) is 5.08. The lowest BCUT2D eigenvalue weighted by Crippen LogP contribution is -2.37. The van der Waals surface area contributed by atoms with Crippen molar-refractivity contribution in [3.8, 4) is 0 Å². The standard InChI is InChI=1S/C30H38N4O4.2BrH/c1-21-12-13-25-26(18-21)30(38)34(29(25)37)20-22(2)19-32-15-8-4-3-7-14-31-16-9-17-33-27(35)23-10-5-6-11-24(23)28(33)36;;/h5-6,10-13,18,22,31-32H,3-4,7-9,14-17,19-20H2,1-2H3;2*1H. The number of nitrogens with zero attached hydrogens (tertiary/aromatic N) is 2. The third-order valence-corrected chi connectivity index (χ3v) is 7.18. The highest BCUT2D eigenvalue weighted by Crippen LogP contribution is 2.25. The van der Waals surface area contributed by atoms with Gasteiger partial charge in [-0.05, 0) is 82.5 Å². The van der Waals surface area contributed by atoms with Crippen LogP contribution in [0.25, 0.3) is 0 Å². The van der Waals surface area contributed by atoms with Gasteiger partial charge in [0.15, 0.2) is 0 Å². The first-order valence-corrected chi connectivity index (χ1v) is 13.7. The van der Waals surface area contributed by atoms with E-state index in [4.69, 9.17) is 0 Å². The van der Waals surface area contributed by atoms with E-state index in [0.29, 0.717) is 35.3 Å². The van der Waals surface area contributed by atoms with Crippen molar-refractivity contribution >= 4 is 57.6 Å². The van der Waals surface area contributed by atoms with Crippen LogP contribution < -0.4 is 10.6 Å². The molecule has 8 nitrogen and oxygen atoms in total. The molecule has 4 rings (SSSR count). The molecule has 2 N–H and O–H groups in total. The minimum Gasteiger partial charge on any atom is -0.317 e. The Morgan fingerprint density at radius 2 is 1.18 bits per heavy atom. The van der Waals surface area contributed by atoms with Crippen molar-refractivity contribution in [3.05, 3.63) is 70.3 Å². The molecule has 4 amide bonds. The molecular formula is C30H40Br2N4O4. The van der Waals surface area contributed by atoms with E-state index in [1.54, 1.807) is 36.4 Å². The summed E-state index contributed by atoms with van der Waals surface area (Å²) < 4.78 is 0. The van der Waals surface area contributed by atoms with Gasteiger partial charge < -0.3 is 10.6 Å². The first kappa shape index (κ1) is 33.8. The number of benzene rings is 2. The van der Waals surface area contributed by atoms with Crippen LogP contribution in [-0.2, 0) is 0 Å². The number of hydrogen-bond acceptors (Lipinski definition) is 6. The molecule has 0 bridgehead atoms. The maximum atomic E-state index is 12.6. The van der Waals surface area contributed by atoms with Gasteiger partial charge in [-0.2, -0.15) is 0 Å². The van der Waals surface area contributed by atoms with Crippen molar-refractivity contribution in [1.29, 1.82) is 0 Å². The van der Waals surface area contributed by atoms with Crippen molar-refractivity contribution in [2.24, 2.45) is 5.92 Å².